The van der Waals surface area contributed by atoms with E-state index in [9.17, 15) is 4.79 Å². The zero-order chi connectivity index (χ0) is 13.0. The lowest BCUT2D eigenvalue weighted by molar-refractivity contribution is 0.0983. The van der Waals surface area contributed by atoms with Crippen LogP contribution in [0.4, 0.5) is 5.69 Å². The first kappa shape index (κ1) is 12.4. The minimum Gasteiger partial charge on any atom is -0.398 e. The molecule has 0 saturated carbocycles. The second-order valence-electron chi connectivity index (χ2n) is 4.48. The zero-order valence-electron chi connectivity index (χ0n) is 10.5. The normalized spacial score (nSPS) is 10.3. The second kappa shape index (κ2) is 5.50. The number of rotatable bonds is 4. The second-order valence-corrected chi connectivity index (χ2v) is 4.48. The summed E-state index contributed by atoms with van der Waals surface area (Å²) in [6.45, 7) is 1.94. The molecule has 0 amide bonds. The van der Waals surface area contributed by atoms with Gasteiger partial charge in [0.25, 0.3) is 0 Å². The van der Waals surface area contributed by atoms with E-state index in [-0.39, 0.29) is 5.78 Å². The molecule has 0 saturated heterocycles. The van der Waals surface area contributed by atoms with Crippen LogP contribution in [0.2, 0.25) is 0 Å². The van der Waals surface area contributed by atoms with Gasteiger partial charge in [0.1, 0.15) is 0 Å². The summed E-state index contributed by atoms with van der Waals surface area (Å²) in [7, 11) is 0. The van der Waals surface area contributed by atoms with Gasteiger partial charge in [0.05, 0.1) is 0 Å². The van der Waals surface area contributed by atoms with Gasteiger partial charge in [-0.25, -0.2) is 0 Å². The van der Waals surface area contributed by atoms with E-state index in [1.165, 1.54) is 5.56 Å². The van der Waals surface area contributed by atoms with E-state index >= 15 is 0 Å². The maximum absolute atomic E-state index is 12.0. The lowest BCUT2D eigenvalue weighted by atomic mass is 10.0. The molecule has 0 aliphatic carbocycles. The Morgan fingerprint density at radius 1 is 1.11 bits per heavy atom. The molecule has 2 nitrogen and oxygen atoms in total. The molecule has 2 rings (SSSR count). The summed E-state index contributed by atoms with van der Waals surface area (Å²) in [5.41, 5.74) is 9.39. The van der Waals surface area contributed by atoms with Crippen LogP contribution in [0.3, 0.4) is 0 Å². The van der Waals surface area contributed by atoms with Crippen LogP contribution >= 0.6 is 0 Å². The van der Waals surface area contributed by atoms with Gasteiger partial charge in [-0.05, 0) is 30.5 Å². The molecule has 0 radical (unpaired) electrons. The van der Waals surface area contributed by atoms with E-state index in [1.807, 2.05) is 49.4 Å². The van der Waals surface area contributed by atoms with Gasteiger partial charge in [-0.2, -0.15) is 0 Å². The third-order valence-electron chi connectivity index (χ3n) is 3.08. The van der Waals surface area contributed by atoms with Crippen LogP contribution in [0.15, 0.2) is 48.5 Å². The van der Waals surface area contributed by atoms with Crippen LogP contribution < -0.4 is 5.73 Å². The van der Waals surface area contributed by atoms with Crippen molar-refractivity contribution >= 4 is 11.5 Å². The van der Waals surface area contributed by atoms with Crippen LogP contribution in [0, 0.1) is 6.92 Å². The van der Waals surface area contributed by atoms with E-state index in [0.29, 0.717) is 17.7 Å². The van der Waals surface area contributed by atoms with Crippen LogP contribution in [0.1, 0.15) is 27.9 Å². The fourth-order valence-corrected chi connectivity index (χ4v) is 1.86. The average molecular weight is 239 g/mol. The Morgan fingerprint density at radius 3 is 2.50 bits per heavy atom. The molecule has 2 aromatic carbocycles. The number of Topliss-reactive ketones (excluding diaryl/α,β-unsaturated/α-hetero) is 1. The summed E-state index contributed by atoms with van der Waals surface area (Å²) < 4.78 is 0. The molecule has 0 atom stereocenters. The number of hydrogen-bond acceptors (Lipinski definition) is 2. The SMILES string of the molecule is Cc1ccc(C(=O)CCc2ccccc2)cc1N. The summed E-state index contributed by atoms with van der Waals surface area (Å²) >= 11 is 0. The minimum absolute atomic E-state index is 0.144. The lowest BCUT2D eigenvalue weighted by Gasteiger charge is -2.05. The van der Waals surface area contributed by atoms with Gasteiger partial charge in [-0.15, -0.1) is 0 Å². The minimum atomic E-state index is 0.144. The maximum Gasteiger partial charge on any atom is 0.163 e. The molecule has 0 aliphatic rings. The van der Waals surface area contributed by atoms with Crippen molar-refractivity contribution in [3.05, 3.63) is 65.2 Å². The molecule has 0 aromatic heterocycles. The van der Waals surface area contributed by atoms with Gasteiger partial charge < -0.3 is 5.73 Å². The van der Waals surface area contributed by atoms with Gasteiger partial charge in [-0.1, -0.05) is 42.5 Å². The Balaban J connectivity index is 2.02. The number of ketones is 1. The van der Waals surface area contributed by atoms with Crippen molar-refractivity contribution in [2.24, 2.45) is 0 Å². The zero-order valence-corrected chi connectivity index (χ0v) is 10.5. The Hall–Kier alpha value is -2.09. The molecule has 0 heterocycles. The predicted octanol–water partition coefficient (Wildman–Crippen LogP) is 3.39. The van der Waals surface area contributed by atoms with Crippen molar-refractivity contribution in [2.75, 3.05) is 5.73 Å². The van der Waals surface area contributed by atoms with Crippen LogP contribution in [0.25, 0.3) is 0 Å². The molecule has 0 unspecified atom stereocenters. The summed E-state index contributed by atoms with van der Waals surface area (Å²) in [5, 5.41) is 0. The third-order valence-corrected chi connectivity index (χ3v) is 3.08. The number of nitrogen functional groups attached to an aromatic ring is 1. The van der Waals surface area contributed by atoms with Gasteiger partial charge in [0.15, 0.2) is 5.78 Å². The predicted molar refractivity (Wildman–Crippen MR) is 74.7 cm³/mol. The maximum atomic E-state index is 12.0. The fourth-order valence-electron chi connectivity index (χ4n) is 1.86. The molecule has 2 heteroatoms. The van der Waals surface area contributed by atoms with Crippen molar-refractivity contribution < 1.29 is 4.79 Å². The first-order valence-corrected chi connectivity index (χ1v) is 6.10. The topological polar surface area (TPSA) is 43.1 Å². The van der Waals surface area contributed by atoms with Crippen LogP contribution in [-0.4, -0.2) is 5.78 Å². The van der Waals surface area contributed by atoms with E-state index in [2.05, 4.69) is 0 Å². The van der Waals surface area contributed by atoms with E-state index < -0.39 is 0 Å². The highest BCUT2D eigenvalue weighted by Gasteiger charge is 2.07. The number of nitrogens with two attached hydrogens (primary N) is 1. The summed E-state index contributed by atoms with van der Waals surface area (Å²) in [6.07, 6.45) is 1.29. The number of benzene rings is 2. The first-order valence-electron chi connectivity index (χ1n) is 6.10. The number of aryl methyl sites for hydroxylation is 2. The molecule has 0 fully saturated rings. The Kier molecular flexibility index (Phi) is 3.78. The molecule has 0 spiro atoms. The number of carbonyl (C=O) groups excluding carboxylic acids is 1. The summed E-state index contributed by atoms with van der Waals surface area (Å²) in [4.78, 5) is 12.0. The smallest absolute Gasteiger partial charge is 0.163 e. The highest BCUT2D eigenvalue weighted by atomic mass is 16.1. The number of anilines is 1. The fraction of sp³-hybridized carbons (Fsp3) is 0.188. The molecular formula is C16H17NO. The van der Waals surface area contributed by atoms with Crippen molar-refractivity contribution in [3.8, 4) is 0 Å². The van der Waals surface area contributed by atoms with E-state index in [0.717, 1.165) is 12.0 Å². The molecular weight excluding hydrogens is 222 g/mol. The summed E-state index contributed by atoms with van der Waals surface area (Å²) in [5.74, 6) is 0.144. The van der Waals surface area contributed by atoms with Gasteiger partial charge in [-0.3, -0.25) is 4.79 Å². The van der Waals surface area contributed by atoms with Crippen molar-refractivity contribution in [1.82, 2.24) is 0 Å². The highest BCUT2D eigenvalue weighted by Crippen LogP contribution is 2.15. The summed E-state index contributed by atoms with van der Waals surface area (Å²) in [6, 6.07) is 15.5. The number of hydrogen-bond donors (Lipinski definition) is 1. The lowest BCUT2D eigenvalue weighted by Crippen LogP contribution is -2.02. The average Bonchev–Trinajstić information content (AvgIpc) is 2.40. The molecule has 0 aliphatic heterocycles. The van der Waals surface area contributed by atoms with Gasteiger partial charge in [0, 0.05) is 17.7 Å². The monoisotopic (exact) mass is 239 g/mol. The molecule has 2 N–H and O–H groups in total. The standard InChI is InChI=1S/C16H17NO/c1-12-7-9-14(11-15(12)17)16(18)10-8-13-5-3-2-4-6-13/h2-7,9,11H,8,10,17H2,1H3. The van der Waals surface area contributed by atoms with Crippen LogP contribution in [0.5, 0.6) is 0 Å². The molecule has 92 valence electrons. The number of carbonyl (C=O) groups is 1. The highest BCUT2D eigenvalue weighted by molar-refractivity contribution is 5.97. The van der Waals surface area contributed by atoms with Gasteiger partial charge >= 0.3 is 0 Å². The largest absolute Gasteiger partial charge is 0.398 e. The van der Waals surface area contributed by atoms with Crippen molar-refractivity contribution in [2.45, 2.75) is 19.8 Å². The van der Waals surface area contributed by atoms with E-state index in [4.69, 9.17) is 5.73 Å². The van der Waals surface area contributed by atoms with Crippen molar-refractivity contribution in [3.63, 3.8) is 0 Å². The quantitative estimate of drug-likeness (QED) is 0.656. The third kappa shape index (κ3) is 2.98. The Bertz CT molecular complexity index is 546. The van der Waals surface area contributed by atoms with E-state index in [1.54, 1.807) is 6.07 Å². The Labute approximate surface area is 107 Å². The van der Waals surface area contributed by atoms with Gasteiger partial charge in [0.2, 0.25) is 0 Å². The molecule has 18 heavy (non-hydrogen) atoms. The van der Waals surface area contributed by atoms with Crippen molar-refractivity contribution in [1.29, 1.82) is 0 Å². The first-order chi connectivity index (χ1) is 8.66. The molecule has 0 bridgehead atoms. The van der Waals surface area contributed by atoms with Crippen LogP contribution in [-0.2, 0) is 6.42 Å². The Morgan fingerprint density at radius 2 is 1.83 bits per heavy atom. The molecule has 2 aromatic rings.